The first-order valence-electron chi connectivity index (χ1n) is 12.0. The maximum atomic E-state index is 13.6. The number of nitrogens with zero attached hydrogens (tertiary/aromatic N) is 1. The Hall–Kier alpha value is -3.52. The van der Waals surface area contributed by atoms with Crippen LogP contribution in [0, 0.1) is 17.6 Å². The maximum Gasteiger partial charge on any atom is 0.259 e. The zero-order valence-corrected chi connectivity index (χ0v) is 21.8. The first kappa shape index (κ1) is 25.6. The lowest BCUT2D eigenvalue weighted by molar-refractivity contribution is -0.130. The molecule has 1 aliphatic rings. The molecule has 1 heterocycles. The zero-order chi connectivity index (χ0) is 26.0. The molecule has 1 saturated heterocycles. The predicted octanol–water partition coefficient (Wildman–Crippen LogP) is 6.09. The Labute approximate surface area is 211 Å². The number of amides is 2. The zero-order valence-electron chi connectivity index (χ0n) is 20.8. The van der Waals surface area contributed by atoms with Gasteiger partial charge in [0.1, 0.15) is 23.4 Å². The lowest BCUT2D eigenvalue weighted by atomic mass is 9.89. The highest BCUT2D eigenvalue weighted by molar-refractivity contribution is 6.71. The van der Waals surface area contributed by atoms with Crippen molar-refractivity contribution in [1.29, 1.82) is 0 Å². The molecule has 1 fully saturated rings. The van der Waals surface area contributed by atoms with Crippen LogP contribution in [0.3, 0.4) is 0 Å². The number of β-lactam (4-membered cyclic amide) rings is 1. The fourth-order valence-electron chi connectivity index (χ4n) is 4.73. The van der Waals surface area contributed by atoms with Crippen molar-refractivity contribution in [2.75, 3.05) is 4.90 Å². The minimum atomic E-state index is -1.87. The minimum Gasteiger partial charge on any atom is -0.544 e. The molecule has 0 unspecified atom stereocenters. The first-order chi connectivity index (χ1) is 17.0. The Morgan fingerprint density at radius 1 is 0.944 bits per heavy atom. The summed E-state index contributed by atoms with van der Waals surface area (Å²) in [4.78, 5) is 27.6. The van der Waals surface area contributed by atoms with Crippen LogP contribution < -0.4 is 14.6 Å². The number of rotatable bonds is 8. The third-order valence-corrected chi connectivity index (χ3v) is 8.70. The highest BCUT2D eigenvalue weighted by Crippen LogP contribution is 2.35. The highest BCUT2D eigenvalue weighted by Gasteiger charge is 2.47. The van der Waals surface area contributed by atoms with Gasteiger partial charge in [-0.2, -0.15) is 0 Å². The molecular weight excluding hydrogens is 478 g/mol. The van der Waals surface area contributed by atoms with E-state index >= 15 is 0 Å². The minimum absolute atomic E-state index is 0.222. The van der Waals surface area contributed by atoms with Crippen molar-refractivity contribution < 1.29 is 22.8 Å². The Balaban J connectivity index is 1.62. The topological polar surface area (TPSA) is 58.6 Å². The summed E-state index contributed by atoms with van der Waals surface area (Å²) in [5, 5.41) is 2.88. The molecule has 0 saturated carbocycles. The smallest absolute Gasteiger partial charge is 0.259 e. The number of carbonyl (C=O) groups excluding carboxylic acids is 2. The molecule has 3 aromatic carbocycles. The molecule has 5 nitrogen and oxygen atoms in total. The standard InChI is InChI=1S/C28H30F2N2O3Si/c1-18(2)17-36(3,4)35-24-15-7-19(8-16-24)25-26(27(33)31-25)32(23-13-11-22(30)12-14-23)28(34)20-5-9-21(29)10-6-20/h5-16,18,25-26H,17H2,1-4H3,(H,31,33)/t25-,26-/m1/s1. The summed E-state index contributed by atoms with van der Waals surface area (Å²) in [7, 11) is -1.87. The van der Waals surface area contributed by atoms with E-state index in [0.717, 1.165) is 17.4 Å². The quantitative estimate of drug-likeness (QED) is 0.296. The third-order valence-electron chi connectivity index (χ3n) is 6.11. The van der Waals surface area contributed by atoms with Crippen molar-refractivity contribution in [2.24, 2.45) is 5.92 Å². The van der Waals surface area contributed by atoms with Gasteiger partial charge in [-0.3, -0.25) is 14.5 Å². The highest BCUT2D eigenvalue weighted by atomic mass is 28.4. The van der Waals surface area contributed by atoms with Crippen molar-refractivity contribution >= 4 is 25.8 Å². The predicted molar refractivity (Wildman–Crippen MR) is 138 cm³/mol. The average molecular weight is 509 g/mol. The van der Waals surface area contributed by atoms with Crippen LogP contribution in [0.15, 0.2) is 72.8 Å². The normalized spacial score (nSPS) is 17.4. The van der Waals surface area contributed by atoms with E-state index in [4.69, 9.17) is 4.43 Å². The molecule has 2 atom stereocenters. The van der Waals surface area contributed by atoms with Crippen LogP contribution in [0.25, 0.3) is 0 Å². The second kappa shape index (κ2) is 10.2. The van der Waals surface area contributed by atoms with Gasteiger partial charge in [0.25, 0.3) is 5.91 Å². The fourth-order valence-corrected chi connectivity index (χ4v) is 7.55. The molecule has 1 N–H and O–H groups in total. The van der Waals surface area contributed by atoms with Gasteiger partial charge in [-0.15, -0.1) is 0 Å². The van der Waals surface area contributed by atoms with Gasteiger partial charge in [-0.05, 0) is 91.3 Å². The molecule has 0 spiro atoms. The van der Waals surface area contributed by atoms with E-state index in [1.807, 2.05) is 24.3 Å². The number of anilines is 1. The fraction of sp³-hybridized carbons (Fsp3) is 0.286. The number of hydrogen-bond donors (Lipinski definition) is 1. The van der Waals surface area contributed by atoms with Gasteiger partial charge in [0, 0.05) is 11.3 Å². The van der Waals surface area contributed by atoms with Crippen LogP contribution in [0.2, 0.25) is 19.1 Å². The molecule has 0 aromatic heterocycles. The van der Waals surface area contributed by atoms with Crippen LogP contribution in [-0.2, 0) is 4.79 Å². The SMILES string of the molecule is CC(C)C[Si](C)(C)Oc1ccc([C@H]2NC(=O)[C@@H]2N(C(=O)c2ccc(F)cc2)c2ccc(F)cc2)cc1. The maximum absolute atomic E-state index is 13.6. The van der Waals surface area contributed by atoms with Gasteiger partial charge in [0.2, 0.25) is 14.2 Å². The lowest BCUT2D eigenvalue weighted by Gasteiger charge is -2.44. The largest absolute Gasteiger partial charge is 0.544 e. The van der Waals surface area contributed by atoms with E-state index in [9.17, 15) is 18.4 Å². The van der Waals surface area contributed by atoms with E-state index in [1.165, 1.54) is 53.4 Å². The summed E-state index contributed by atoms with van der Waals surface area (Å²) in [5.74, 6) is -0.411. The molecule has 188 valence electrons. The summed E-state index contributed by atoms with van der Waals surface area (Å²) in [6, 6.07) is 17.8. The second-order valence-corrected chi connectivity index (χ2v) is 14.3. The number of halogens is 2. The number of carbonyl (C=O) groups is 2. The molecule has 0 radical (unpaired) electrons. The molecule has 36 heavy (non-hydrogen) atoms. The van der Waals surface area contributed by atoms with E-state index in [-0.39, 0.29) is 11.5 Å². The van der Waals surface area contributed by atoms with Gasteiger partial charge in [-0.25, -0.2) is 8.78 Å². The van der Waals surface area contributed by atoms with Gasteiger partial charge in [0.05, 0.1) is 6.04 Å². The monoisotopic (exact) mass is 508 g/mol. The van der Waals surface area contributed by atoms with E-state index in [1.54, 1.807) is 0 Å². The van der Waals surface area contributed by atoms with Crippen molar-refractivity contribution in [3.8, 4) is 5.75 Å². The molecule has 4 rings (SSSR count). The Bertz CT molecular complexity index is 1230. The van der Waals surface area contributed by atoms with Gasteiger partial charge < -0.3 is 9.74 Å². The van der Waals surface area contributed by atoms with E-state index < -0.39 is 37.9 Å². The van der Waals surface area contributed by atoms with Crippen LogP contribution >= 0.6 is 0 Å². The van der Waals surface area contributed by atoms with Crippen LogP contribution in [0.4, 0.5) is 14.5 Å². The summed E-state index contributed by atoms with van der Waals surface area (Å²) < 4.78 is 33.4. The molecular formula is C28H30F2N2O3Si. The van der Waals surface area contributed by atoms with Crippen molar-refractivity contribution in [3.63, 3.8) is 0 Å². The molecule has 2 amide bonds. The van der Waals surface area contributed by atoms with Crippen molar-refractivity contribution in [3.05, 3.63) is 95.6 Å². The second-order valence-electron chi connectivity index (χ2n) is 10.1. The number of benzene rings is 3. The molecule has 0 bridgehead atoms. The van der Waals surface area contributed by atoms with Crippen LogP contribution in [0.1, 0.15) is 35.8 Å². The molecule has 1 aliphatic heterocycles. The Morgan fingerprint density at radius 2 is 1.50 bits per heavy atom. The average Bonchev–Trinajstić information content (AvgIpc) is 2.81. The van der Waals surface area contributed by atoms with Crippen molar-refractivity contribution in [1.82, 2.24) is 5.32 Å². The number of hydrogen-bond acceptors (Lipinski definition) is 3. The van der Waals surface area contributed by atoms with Crippen LogP contribution in [-0.4, -0.2) is 26.2 Å². The molecule has 3 aromatic rings. The molecule has 0 aliphatic carbocycles. The van der Waals surface area contributed by atoms with Gasteiger partial charge in [-0.1, -0.05) is 26.0 Å². The number of nitrogens with one attached hydrogen (secondary N) is 1. The Kier molecular flexibility index (Phi) is 7.26. The van der Waals surface area contributed by atoms with E-state index in [2.05, 4.69) is 32.3 Å². The van der Waals surface area contributed by atoms with Crippen LogP contribution in [0.5, 0.6) is 5.75 Å². The van der Waals surface area contributed by atoms with Gasteiger partial charge >= 0.3 is 0 Å². The third kappa shape index (κ3) is 5.65. The molecule has 8 heteroatoms. The lowest BCUT2D eigenvalue weighted by Crippen LogP contribution is -2.65. The summed E-state index contributed by atoms with van der Waals surface area (Å²) in [6.45, 7) is 8.73. The van der Waals surface area contributed by atoms with E-state index in [0.29, 0.717) is 11.6 Å². The Morgan fingerprint density at radius 3 is 2.03 bits per heavy atom. The van der Waals surface area contributed by atoms with Gasteiger partial charge in [0.15, 0.2) is 0 Å². The summed E-state index contributed by atoms with van der Waals surface area (Å²) >= 11 is 0. The van der Waals surface area contributed by atoms with Crippen molar-refractivity contribution in [2.45, 2.75) is 45.1 Å². The summed E-state index contributed by atoms with van der Waals surface area (Å²) in [6.07, 6.45) is 0. The summed E-state index contributed by atoms with van der Waals surface area (Å²) in [5.41, 5.74) is 1.41. The first-order valence-corrected chi connectivity index (χ1v) is 15.1.